The van der Waals surface area contributed by atoms with Gasteiger partial charge in [-0.2, -0.15) is 0 Å². The van der Waals surface area contributed by atoms with E-state index in [1.807, 2.05) is 19.9 Å². The molecule has 0 aliphatic rings. The van der Waals surface area contributed by atoms with Gasteiger partial charge in [-0.05, 0) is 81.8 Å². The van der Waals surface area contributed by atoms with Crippen molar-refractivity contribution in [3.63, 3.8) is 0 Å². The van der Waals surface area contributed by atoms with Gasteiger partial charge in [0.15, 0.2) is 0 Å². The largest absolute Gasteiger partial charge is 0.493 e. The Morgan fingerprint density at radius 2 is 1.88 bits per heavy atom. The first kappa shape index (κ1) is 23.0. The maximum atomic E-state index is 6.11. The van der Waals surface area contributed by atoms with Crippen LogP contribution in [-0.4, -0.2) is 25.5 Å². The van der Waals surface area contributed by atoms with Crippen molar-refractivity contribution in [3.8, 4) is 11.5 Å². The van der Waals surface area contributed by atoms with Crippen molar-refractivity contribution in [2.75, 3.05) is 19.8 Å². The normalized spacial score (nSPS) is 10.5. The van der Waals surface area contributed by atoms with Crippen LogP contribution in [-0.2, 0) is 11.3 Å². The zero-order valence-corrected chi connectivity index (χ0v) is 19.4. The van der Waals surface area contributed by atoms with E-state index in [1.54, 1.807) is 0 Å². The number of hydrogen-bond acceptors (Lipinski definition) is 4. The quantitative estimate of drug-likeness (QED) is 0.200. The van der Waals surface area contributed by atoms with E-state index in [4.69, 9.17) is 14.3 Å². The molecule has 0 aliphatic heterocycles. The van der Waals surface area contributed by atoms with Gasteiger partial charge in [-0.1, -0.05) is 25.9 Å². The van der Waals surface area contributed by atoms with Crippen molar-refractivity contribution < 1.29 is 14.3 Å². The summed E-state index contributed by atoms with van der Waals surface area (Å²) >= 11 is 6.68. The van der Waals surface area contributed by atoms with Gasteiger partial charge in [-0.25, -0.2) is 0 Å². The lowest BCUT2D eigenvalue weighted by molar-refractivity contribution is 0.127. The summed E-state index contributed by atoms with van der Waals surface area (Å²) in [7, 11) is 0. The molecular weight excluding hydrogens is 462 g/mol. The Morgan fingerprint density at radius 3 is 2.46 bits per heavy atom. The number of ether oxygens (including phenoxy) is 2. The minimum atomic E-state index is 0.348. The lowest BCUT2D eigenvalue weighted by atomic mass is 9.97. The predicted octanol–water partition coefficient (Wildman–Crippen LogP) is 6.56. The van der Waals surface area contributed by atoms with E-state index in [-0.39, 0.29) is 0 Å². The first-order chi connectivity index (χ1) is 12.3. The SMILES string of the molecule is CCc1cc(OCC=C(Br)Br)cc(C(C)C)c1OCCCON=C(C)C. The second kappa shape index (κ2) is 12.4. The standard InChI is InChI=1S/C20H29Br2NO3/c1-6-16-12-17(24-11-8-19(21)22)13-18(14(2)3)20(16)25-9-7-10-26-23-15(4)5/h8,12-14H,6-7,9-11H2,1-5H3. The molecule has 146 valence electrons. The Bertz CT molecular complexity index is 620. The zero-order chi connectivity index (χ0) is 19.5. The number of halogens is 2. The van der Waals surface area contributed by atoms with Crippen molar-refractivity contribution in [1.82, 2.24) is 0 Å². The number of rotatable bonds is 11. The van der Waals surface area contributed by atoms with Crippen LogP contribution in [0.2, 0.25) is 0 Å². The molecule has 1 aromatic rings. The summed E-state index contributed by atoms with van der Waals surface area (Å²) < 4.78 is 12.9. The fourth-order valence-electron chi connectivity index (χ4n) is 2.31. The average molecular weight is 491 g/mol. The molecule has 1 rings (SSSR count). The van der Waals surface area contributed by atoms with Gasteiger partial charge in [0.1, 0.15) is 24.7 Å². The van der Waals surface area contributed by atoms with Gasteiger partial charge in [0.25, 0.3) is 0 Å². The number of hydrogen-bond donors (Lipinski definition) is 0. The van der Waals surface area contributed by atoms with Crippen LogP contribution < -0.4 is 9.47 Å². The fraction of sp³-hybridized carbons (Fsp3) is 0.550. The highest BCUT2D eigenvalue weighted by atomic mass is 79.9. The van der Waals surface area contributed by atoms with Crippen molar-refractivity contribution in [1.29, 1.82) is 0 Å². The molecular formula is C20H29Br2NO3. The minimum Gasteiger partial charge on any atom is -0.493 e. The van der Waals surface area contributed by atoms with Gasteiger partial charge in [0.2, 0.25) is 0 Å². The van der Waals surface area contributed by atoms with E-state index in [1.165, 1.54) is 5.56 Å². The van der Waals surface area contributed by atoms with E-state index >= 15 is 0 Å². The van der Waals surface area contributed by atoms with Crippen LogP contribution in [0.3, 0.4) is 0 Å². The second-order valence-corrected chi connectivity index (χ2v) is 9.16. The van der Waals surface area contributed by atoms with Crippen molar-refractivity contribution >= 4 is 37.6 Å². The Hall–Kier alpha value is -1.01. The second-order valence-electron chi connectivity index (χ2n) is 6.39. The molecule has 0 amide bonds. The van der Waals surface area contributed by atoms with Gasteiger partial charge in [0, 0.05) is 12.0 Å². The monoisotopic (exact) mass is 489 g/mol. The Kier molecular flexibility index (Phi) is 11.0. The summed E-state index contributed by atoms with van der Waals surface area (Å²) in [5.41, 5.74) is 3.25. The van der Waals surface area contributed by atoms with E-state index in [2.05, 4.69) is 69.9 Å². The Balaban J connectivity index is 2.82. The summed E-state index contributed by atoms with van der Waals surface area (Å²) in [6, 6.07) is 4.15. The van der Waals surface area contributed by atoms with Crippen LogP contribution in [0.5, 0.6) is 11.5 Å². The fourth-order valence-corrected chi connectivity index (χ4v) is 2.57. The van der Waals surface area contributed by atoms with Gasteiger partial charge < -0.3 is 14.3 Å². The molecule has 6 heteroatoms. The molecule has 0 aromatic heterocycles. The van der Waals surface area contributed by atoms with Crippen molar-refractivity contribution in [2.24, 2.45) is 5.16 Å². The summed E-state index contributed by atoms with van der Waals surface area (Å²) in [4.78, 5) is 5.22. The van der Waals surface area contributed by atoms with Gasteiger partial charge >= 0.3 is 0 Å². The van der Waals surface area contributed by atoms with Gasteiger partial charge in [0.05, 0.1) is 15.7 Å². The van der Waals surface area contributed by atoms with Crippen LogP contribution >= 0.6 is 31.9 Å². The van der Waals surface area contributed by atoms with Crippen molar-refractivity contribution in [3.05, 3.63) is 32.7 Å². The third kappa shape index (κ3) is 8.58. The summed E-state index contributed by atoms with van der Waals surface area (Å²) in [5.74, 6) is 2.19. The van der Waals surface area contributed by atoms with Crippen LogP contribution in [0.1, 0.15) is 58.1 Å². The van der Waals surface area contributed by atoms with Crippen LogP contribution in [0, 0.1) is 0 Å². The molecule has 4 nitrogen and oxygen atoms in total. The molecule has 0 radical (unpaired) electrons. The molecule has 0 atom stereocenters. The summed E-state index contributed by atoms with van der Waals surface area (Å²) in [6.07, 6.45) is 3.60. The first-order valence-corrected chi connectivity index (χ1v) is 10.5. The molecule has 0 spiro atoms. The summed E-state index contributed by atoms with van der Waals surface area (Å²) in [5, 5.41) is 3.93. The molecule has 0 N–H and O–H groups in total. The zero-order valence-electron chi connectivity index (χ0n) is 16.3. The molecule has 0 unspecified atom stereocenters. The first-order valence-electron chi connectivity index (χ1n) is 8.91. The molecule has 0 fully saturated rings. The Morgan fingerprint density at radius 1 is 1.15 bits per heavy atom. The Labute approximate surface area is 174 Å². The van der Waals surface area contributed by atoms with Crippen LogP contribution in [0.25, 0.3) is 0 Å². The minimum absolute atomic E-state index is 0.348. The van der Waals surface area contributed by atoms with E-state index in [9.17, 15) is 0 Å². The molecule has 0 saturated heterocycles. The van der Waals surface area contributed by atoms with Gasteiger partial charge in [-0.3, -0.25) is 0 Å². The lowest BCUT2D eigenvalue weighted by Gasteiger charge is -2.19. The average Bonchev–Trinajstić information content (AvgIpc) is 2.57. The highest BCUT2D eigenvalue weighted by Crippen LogP contribution is 2.35. The number of aryl methyl sites for hydroxylation is 1. The van der Waals surface area contributed by atoms with E-state index in [0.29, 0.717) is 25.7 Å². The highest BCUT2D eigenvalue weighted by Gasteiger charge is 2.15. The molecule has 26 heavy (non-hydrogen) atoms. The molecule has 0 heterocycles. The van der Waals surface area contributed by atoms with E-state index in [0.717, 1.165) is 39.0 Å². The van der Waals surface area contributed by atoms with Crippen LogP contribution in [0.15, 0.2) is 26.8 Å². The molecule has 1 aromatic carbocycles. The highest BCUT2D eigenvalue weighted by molar-refractivity contribution is 9.28. The molecule has 0 bridgehead atoms. The maximum absolute atomic E-state index is 6.11. The molecule has 0 aliphatic carbocycles. The third-order valence-corrected chi connectivity index (χ3v) is 4.18. The molecule has 0 saturated carbocycles. The lowest BCUT2D eigenvalue weighted by Crippen LogP contribution is -2.07. The number of oxime groups is 1. The van der Waals surface area contributed by atoms with Crippen molar-refractivity contribution in [2.45, 2.75) is 53.4 Å². The topological polar surface area (TPSA) is 40.0 Å². The third-order valence-electron chi connectivity index (χ3n) is 3.53. The predicted molar refractivity (Wildman–Crippen MR) is 116 cm³/mol. The van der Waals surface area contributed by atoms with Gasteiger partial charge in [-0.15, -0.1) is 0 Å². The smallest absolute Gasteiger partial charge is 0.126 e. The maximum Gasteiger partial charge on any atom is 0.126 e. The van der Waals surface area contributed by atoms with E-state index < -0.39 is 0 Å². The van der Waals surface area contributed by atoms with Crippen LogP contribution in [0.4, 0.5) is 0 Å². The number of nitrogens with zero attached hydrogens (tertiary/aromatic N) is 1. The summed E-state index contributed by atoms with van der Waals surface area (Å²) in [6.45, 7) is 12.0. The number of benzene rings is 1.